The first-order valence-corrected chi connectivity index (χ1v) is 11.5. The van der Waals surface area contributed by atoms with E-state index in [2.05, 4.69) is 27.3 Å². The molecule has 2 aliphatic rings. The van der Waals surface area contributed by atoms with Crippen LogP contribution in [0.3, 0.4) is 0 Å². The van der Waals surface area contributed by atoms with Crippen LogP contribution >= 0.6 is 12.2 Å². The van der Waals surface area contributed by atoms with E-state index in [4.69, 9.17) is 21.9 Å². The van der Waals surface area contributed by atoms with E-state index in [1.165, 1.54) is 5.56 Å². The molecule has 1 atom stereocenters. The number of aliphatic carboxylic acids is 1. The number of methoxy groups -OCH3 is 1. The monoisotopic (exact) mass is 455 g/mol. The Bertz CT molecular complexity index is 969. The number of fused-ring (bicyclic) bond motifs is 1. The number of carboxylic acids is 1. The van der Waals surface area contributed by atoms with Crippen molar-refractivity contribution in [1.29, 1.82) is 0 Å². The zero-order chi connectivity index (χ0) is 22.5. The van der Waals surface area contributed by atoms with Gasteiger partial charge in [-0.2, -0.15) is 0 Å². The summed E-state index contributed by atoms with van der Waals surface area (Å²) in [4.78, 5) is 24.7. The third-order valence-corrected chi connectivity index (χ3v) is 6.53. The van der Waals surface area contributed by atoms with Gasteiger partial charge >= 0.3 is 5.97 Å². The maximum absolute atomic E-state index is 11.5. The molecule has 0 saturated carbocycles. The highest BCUT2D eigenvalue weighted by Gasteiger charge is 2.32. The number of ether oxygens (including phenoxy) is 1. The van der Waals surface area contributed by atoms with Crippen molar-refractivity contribution in [2.24, 2.45) is 0 Å². The molecule has 1 unspecified atom stereocenters. The third-order valence-electron chi connectivity index (χ3n) is 6.04. The third kappa shape index (κ3) is 5.09. The van der Waals surface area contributed by atoms with Crippen LogP contribution in [0.15, 0.2) is 30.5 Å². The zero-order valence-corrected chi connectivity index (χ0v) is 19.1. The van der Waals surface area contributed by atoms with Crippen molar-refractivity contribution in [3.63, 3.8) is 0 Å². The van der Waals surface area contributed by atoms with Crippen LogP contribution in [0.1, 0.15) is 42.1 Å². The number of carbonyl (C=O) groups is 1. The first-order valence-electron chi connectivity index (χ1n) is 11.0. The van der Waals surface area contributed by atoms with E-state index in [0.29, 0.717) is 17.5 Å². The smallest absolute Gasteiger partial charge is 0.305 e. The highest BCUT2D eigenvalue weighted by Crippen LogP contribution is 2.29. The molecule has 0 radical (unpaired) electrons. The number of aromatic nitrogens is 2. The van der Waals surface area contributed by atoms with Gasteiger partial charge < -0.3 is 25.0 Å². The lowest BCUT2D eigenvalue weighted by molar-refractivity contribution is -0.138. The number of thiocarbonyl (C=S) groups is 1. The van der Waals surface area contributed by atoms with Gasteiger partial charge in [-0.25, -0.2) is 9.97 Å². The van der Waals surface area contributed by atoms with Gasteiger partial charge in [0.25, 0.3) is 0 Å². The summed E-state index contributed by atoms with van der Waals surface area (Å²) in [6, 6.07) is 7.57. The van der Waals surface area contributed by atoms with E-state index in [1.54, 1.807) is 19.4 Å². The number of pyridine rings is 2. The lowest BCUT2D eigenvalue weighted by Crippen LogP contribution is -2.36. The van der Waals surface area contributed by atoms with Crippen LogP contribution < -0.4 is 10.1 Å². The fourth-order valence-electron chi connectivity index (χ4n) is 4.34. The van der Waals surface area contributed by atoms with Crippen molar-refractivity contribution in [1.82, 2.24) is 19.8 Å². The molecule has 4 rings (SSSR count). The van der Waals surface area contributed by atoms with Crippen molar-refractivity contribution < 1.29 is 14.6 Å². The van der Waals surface area contributed by atoms with Gasteiger partial charge in [-0.1, -0.05) is 12.1 Å². The molecule has 9 heteroatoms. The quantitative estimate of drug-likeness (QED) is 0.554. The Balaban J connectivity index is 1.36. The van der Waals surface area contributed by atoms with Gasteiger partial charge in [0.15, 0.2) is 5.11 Å². The molecule has 2 N–H and O–H groups in total. The fourth-order valence-corrected chi connectivity index (χ4v) is 4.74. The lowest BCUT2D eigenvalue weighted by Gasteiger charge is -2.29. The van der Waals surface area contributed by atoms with Crippen molar-refractivity contribution in [2.45, 2.75) is 38.1 Å². The Morgan fingerprint density at radius 1 is 1.31 bits per heavy atom. The first kappa shape index (κ1) is 22.3. The van der Waals surface area contributed by atoms with Gasteiger partial charge in [-0.15, -0.1) is 0 Å². The molecular weight excluding hydrogens is 426 g/mol. The summed E-state index contributed by atoms with van der Waals surface area (Å²) in [6.07, 6.45) is 5.71. The Hall–Kier alpha value is -2.94. The standard InChI is InChI=1S/C23H29N5O3S/c1-31-20-9-7-17(15-25-20)19(14-21(29)30)28-13-12-27(23(28)32)11-3-5-18-8-6-16-4-2-10-24-22(16)26-18/h6-9,15,19H,2-5,10-14H2,1H3,(H,24,26)(H,29,30). The van der Waals surface area contributed by atoms with Crippen LogP contribution in [0.25, 0.3) is 0 Å². The number of aryl methyl sites for hydroxylation is 2. The van der Waals surface area contributed by atoms with Crippen molar-refractivity contribution in [3.8, 4) is 5.88 Å². The number of anilines is 1. The largest absolute Gasteiger partial charge is 0.481 e. The minimum Gasteiger partial charge on any atom is -0.481 e. The summed E-state index contributed by atoms with van der Waals surface area (Å²) in [5.41, 5.74) is 3.21. The predicted octanol–water partition coefficient (Wildman–Crippen LogP) is 2.89. The maximum atomic E-state index is 11.5. The Morgan fingerprint density at radius 3 is 2.94 bits per heavy atom. The molecule has 0 aliphatic carbocycles. The van der Waals surface area contributed by atoms with Crippen molar-refractivity contribution >= 4 is 29.1 Å². The second kappa shape index (κ2) is 10.1. The average Bonchev–Trinajstić information content (AvgIpc) is 3.17. The molecular formula is C23H29N5O3S. The molecule has 0 amide bonds. The Kier molecular flexibility index (Phi) is 7.04. The molecule has 2 aliphatic heterocycles. The van der Waals surface area contributed by atoms with E-state index < -0.39 is 5.97 Å². The van der Waals surface area contributed by atoms with Gasteiger partial charge in [0.05, 0.1) is 19.6 Å². The predicted molar refractivity (Wildman–Crippen MR) is 126 cm³/mol. The van der Waals surface area contributed by atoms with Gasteiger partial charge in [0.2, 0.25) is 5.88 Å². The van der Waals surface area contributed by atoms with Crippen LogP contribution in [0.4, 0.5) is 5.82 Å². The zero-order valence-electron chi connectivity index (χ0n) is 18.3. The van der Waals surface area contributed by atoms with Crippen LogP contribution in [0.5, 0.6) is 5.88 Å². The van der Waals surface area contributed by atoms with E-state index in [0.717, 1.165) is 62.4 Å². The van der Waals surface area contributed by atoms with Crippen molar-refractivity contribution in [3.05, 3.63) is 47.3 Å². The number of carboxylic acid groups (broad SMARTS) is 1. The molecule has 1 fully saturated rings. The molecule has 2 aromatic rings. The van der Waals surface area contributed by atoms with Crippen molar-refractivity contribution in [2.75, 3.05) is 38.6 Å². The summed E-state index contributed by atoms with van der Waals surface area (Å²) >= 11 is 5.74. The second-order valence-electron chi connectivity index (χ2n) is 8.15. The summed E-state index contributed by atoms with van der Waals surface area (Å²) < 4.78 is 5.12. The summed E-state index contributed by atoms with van der Waals surface area (Å²) in [7, 11) is 1.56. The highest BCUT2D eigenvalue weighted by atomic mass is 32.1. The number of hydrogen-bond acceptors (Lipinski definition) is 6. The Morgan fingerprint density at radius 2 is 2.19 bits per heavy atom. The first-order chi connectivity index (χ1) is 15.5. The van der Waals surface area contributed by atoms with E-state index >= 15 is 0 Å². The molecule has 1 saturated heterocycles. The molecule has 0 bridgehead atoms. The Labute approximate surface area is 193 Å². The van der Waals surface area contributed by atoms with Crippen LogP contribution in [0.2, 0.25) is 0 Å². The number of nitrogens with one attached hydrogen (secondary N) is 1. The topological polar surface area (TPSA) is 90.8 Å². The molecule has 4 heterocycles. The van der Waals surface area contributed by atoms with E-state index in [1.807, 2.05) is 11.0 Å². The number of rotatable bonds is 9. The maximum Gasteiger partial charge on any atom is 0.305 e. The molecule has 32 heavy (non-hydrogen) atoms. The van der Waals surface area contributed by atoms with E-state index in [9.17, 15) is 9.90 Å². The SMILES string of the molecule is COc1ccc(C(CC(=O)O)N2CCN(CCCc3ccc4c(n3)NCCC4)C2=S)cn1. The fraction of sp³-hybridized carbons (Fsp3) is 0.478. The second-order valence-corrected chi connectivity index (χ2v) is 8.52. The van der Waals surface area contributed by atoms with Gasteiger partial charge in [-0.3, -0.25) is 4.79 Å². The molecule has 2 aromatic heterocycles. The summed E-state index contributed by atoms with van der Waals surface area (Å²) in [5, 5.41) is 13.6. The molecule has 170 valence electrons. The highest BCUT2D eigenvalue weighted by molar-refractivity contribution is 7.80. The molecule has 0 spiro atoms. The van der Waals surface area contributed by atoms with Crippen LogP contribution in [-0.2, 0) is 17.6 Å². The van der Waals surface area contributed by atoms with Gasteiger partial charge in [-0.05, 0) is 55.1 Å². The number of nitrogens with zero attached hydrogens (tertiary/aromatic N) is 4. The summed E-state index contributed by atoms with van der Waals surface area (Å²) in [5.74, 6) is 0.667. The molecule has 8 nitrogen and oxygen atoms in total. The number of hydrogen-bond donors (Lipinski definition) is 2. The van der Waals surface area contributed by atoms with E-state index in [-0.39, 0.29) is 12.5 Å². The lowest BCUT2D eigenvalue weighted by atomic mass is 10.0. The summed E-state index contributed by atoms with van der Waals surface area (Å²) in [6.45, 7) is 3.30. The van der Waals surface area contributed by atoms with Gasteiger partial charge in [0, 0.05) is 44.1 Å². The minimum atomic E-state index is -0.862. The average molecular weight is 456 g/mol. The molecule has 0 aromatic carbocycles. The van der Waals surface area contributed by atoms with Crippen LogP contribution in [0, 0.1) is 0 Å². The normalized spacial score (nSPS) is 16.5. The van der Waals surface area contributed by atoms with Crippen LogP contribution in [-0.4, -0.2) is 69.2 Å². The van der Waals surface area contributed by atoms with Gasteiger partial charge in [0.1, 0.15) is 5.82 Å². The minimum absolute atomic E-state index is 0.0337.